The number of nitrogens with one attached hydrogen (secondary N) is 1. The summed E-state index contributed by atoms with van der Waals surface area (Å²) >= 11 is 0. The second-order valence-electron chi connectivity index (χ2n) is 6.33. The van der Waals surface area contributed by atoms with Crippen molar-refractivity contribution < 1.29 is 19.8 Å². The van der Waals surface area contributed by atoms with Crippen molar-refractivity contribution in [1.82, 2.24) is 5.32 Å². The van der Waals surface area contributed by atoms with Crippen molar-refractivity contribution in [1.29, 1.82) is 0 Å². The molecule has 1 amide bonds. The van der Waals surface area contributed by atoms with Gasteiger partial charge in [0.15, 0.2) is 0 Å². The number of carboxylic acids is 1. The molecule has 6 heteroatoms. The number of aliphatic carboxylic acids is 1. The van der Waals surface area contributed by atoms with Gasteiger partial charge in [-0.3, -0.25) is 4.79 Å². The van der Waals surface area contributed by atoms with Crippen LogP contribution in [0.15, 0.2) is 24.3 Å². The van der Waals surface area contributed by atoms with Crippen LogP contribution in [0.2, 0.25) is 0 Å². The molecular weight excluding hydrogens is 296 g/mol. The first-order valence-corrected chi connectivity index (χ1v) is 7.73. The molecular formula is C17H26N2O4. The molecule has 3 atom stereocenters. The summed E-state index contributed by atoms with van der Waals surface area (Å²) < 4.78 is 0. The van der Waals surface area contributed by atoms with Crippen LogP contribution in [0, 0.1) is 12.8 Å². The Bertz CT molecular complexity index is 528. The van der Waals surface area contributed by atoms with E-state index in [1.807, 2.05) is 45.0 Å². The minimum Gasteiger partial charge on any atom is -0.480 e. The topological polar surface area (TPSA) is 113 Å². The van der Waals surface area contributed by atoms with Crippen molar-refractivity contribution >= 4 is 11.9 Å². The van der Waals surface area contributed by atoms with E-state index in [-0.39, 0.29) is 5.92 Å². The van der Waals surface area contributed by atoms with Crippen LogP contribution in [-0.2, 0) is 16.0 Å². The summed E-state index contributed by atoms with van der Waals surface area (Å²) in [7, 11) is 0. The molecule has 128 valence electrons. The molecule has 0 fully saturated rings. The van der Waals surface area contributed by atoms with Gasteiger partial charge in [0.2, 0.25) is 0 Å². The molecule has 0 aliphatic heterocycles. The number of rotatable bonds is 8. The van der Waals surface area contributed by atoms with Gasteiger partial charge in [-0.1, -0.05) is 43.7 Å². The molecule has 0 heterocycles. The van der Waals surface area contributed by atoms with Gasteiger partial charge in [-0.2, -0.15) is 0 Å². The van der Waals surface area contributed by atoms with E-state index in [1.54, 1.807) is 0 Å². The van der Waals surface area contributed by atoms with Crippen LogP contribution < -0.4 is 11.1 Å². The lowest BCUT2D eigenvalue weighted by atomic mass is 9.99. The Morgan fingerprint density at radius 3 is 2.26 bits per heavy atom. The van der Waals surface area contributed by atoms with Crippen LogP contribution in [0.1, 0.15) is 31.4 Å². The highest BCUT2D eigenvalue weighted by Crippen LogP contribution is 2.09. The van der Waals surface area contributed by atoms with Crippen molar-refractivity contribution in [2.45, 2.75) is 51.8 Å². The molecule has 0 saturated carbocycles. The maximum absolute atomic E-state index is 12.0. The minimum absolute atomic E-state index is 0.106. The quantitative estimate of drug-likeness (QED) is 0.566. The highest BCUT2D eigenvalue weighted by atomic mass is 16.4. The van der Waals surface area contributed by atoms with Crippen LogP contribution in [0.4, 0.5) is 0 Å². The van der Waals surface area contributed by atoms with Crippen LogP contribution >= 0.6 is 0 Å². The maximum atomic E-state index is 12.0. The van der Waals surface area contributed by atoms with Gasteiger partial charge in [0.1, 0.15) is 12.1 Å². The van der Waals surface area contributed by atoms with Crippen LogP contribution in [-0.4, -0.2) is 40.3 Å². The third-order valence-corrected chi connectivity index (χ3v) is 3.59. The lowest BCUT2D eigenvalue weighted by Crippen LogP contribution is -2.52. The molecule has 23 heavy (non-hydrogen) atoms. The molecule has 0 saturated heterocycles. The van der Waals surface area contributed by atoms with Gasteiger partial charge in [0, 0.05) is 6.04 Å². The number of hydrogen-bond acceptors (Lipinski definition) is 4. The monoisotopic (exact) mass is 322 g/mol. The number of hydrogen-bond donors (Lipinski definition) is 4. The summed E-state index contributed by atoms with van der Waals surface area (Å²) in [5, 5.41) is 21.5. The molecule has 6 nitrogen and oxygen atoms in total. The lowest BCUT2D eigenvalue weighted by molar-refractivity contribution is -0.144. The average Bonchev–Trinajstić information content (AvgIpc) is 2.47. The molecule has 0 radical (unpaired) electrons. The largest absolute Gasteiger partial charge is 0.480 e. The fourth-order valence-corrected chi connectivity index (χ4v) is 2.25. The lowest BCUT2D eigenvalue weighted by Gasteiger charge is -2.22. The van der Waals surface area contributed by atoms with E-state index in [0.29, 0.717) is 12.8 Å². The van der Waals surface area contributed by atoms with E-state index in [4.69, 9.17) is 10.8 Å². The predicted octanol–water partition coefficient (Wildman–Crippen LogP) is 0.841. The molecule has 0 aromatic heterocycles. The summed E-state index contributed by atoms with van der Waals surface area (Å²) in [6.45, 7) is 5.69. The number of nitrogens with two attached hydrogens (primary N) is 1. The number of aliphatic hydroxyl groups is 1. The Balaban J connectivity index is 2.63. The van der Waals surface area contributed by atoms with Crippen molar-refractivity contribution in [3.63, 3.8) is 0 Å². The average molecular weight is 322 g/mol. The second kappa shape index (κ2) is 8.64. The third-order valence-electron chi connectivity index (χ3n) is 3.59. The number of carbonyl (C=O) groups is 2. The Hall–Kier alpha value is -1.92. The third kappa shape index (κ3) is 6.38. The van der Waals surface area contributed by atoms with E-state index in [0.717, 1.165) is 11.1 Å². The zero-order chi connectivity index (χ0) is 17.6. The first-order chi connectivity index (χ1) is 10.7. The van der Waals surface area contributed by atoms with Gasteiger partial charge < -0.3 is 21.3 Å². The molecule has 1 aromatic carbocycles. The van der Waals surface area contributed by atoms with Crippen LogP contribution in [0.25, 0.3) is 0 Å². The smallest absolute Gasteiger partial charge is 0.326 e. The Morgan fingerprint density at radius 2 is 1.78 bits per heavy atom. The number of benzene rings is 1. The molecule has 0 spiro atoms. The summed E-state index contributed by atoms with van der Waals surface area (Å²) in [6, 6.07) is 5.81. The Labute approximate surface area is 136 Å². The normalized spacial score (nSPS) is 15.0. The number of aliphatic hydroxyl groups excluding tert-OH is 1. The van der Waals surface area contributed by atoms with Crippen molar-refractivity contribution in [3.8, 4) is 0 Å². The van der Waals surface area contributed by atoms with Crippen molar-refractivity contribution in [2.75, 3.05) is 0 Å². The summed E-state index contributed by atoms with van der Waals surface area (Å²) in [6.07, 6.45) is -0.831. The van der Waals surface area contributed by atoms with Gasteiger partial charge in [0.25, 0.3) is 5.91 Å². The molecule has 0 unspecified atom stereocenters. The summed E-state index contributed by atoms with van der Waals surface area (Å²) in [5.41, 5.74) is 7.90. The Morgan fingerprint density at radius 1 is 1.22 bits per heavy atom. The maximum Gasteiger partial charge on any atom is 0.326 e. The highest BCUT2D eigenvalue weighted by Gasteiger charge is 2.28. The molecule has 5 N–H and O–H groups in total. The molecule has 0 aliphatic rings. The van der Waals surface area contributed by atoms with Gasteiger partial charge in [0.05, 0.1) is 0 Å². The fraction of sp³-hybridized carbons (Fsp3) is 0.529. The fourth-order valence-electron chi connectivity index (χ4n) is 2.25. The van der Waals surface area contributed by atoms with Crippen LogP contribution in [0.3, 0.4) is 0 Å². The molecule has 1 rings (SSSR count). The number of aryl methyl sites for hydroxylation is 1. The van der Waals surface area contributed by atoms with E-state index >= 15 is 0 Å². The molecule has 0 aliphatic carbocycles. The summed E-state index contributed by atoms with van der Waals surface area (Å²) in [4.78, 5) is 23.2. The molecule has 0 bridgehead atoms. The predicted molar refractivity (Wildman–Crippen MR) is 87.9 cm³/mol. The van der Waals surface area contributed by atoms with Gasteiger partial charge in [-0.05, 0) is 31.2 Å². The van der Waals surface area contributed by atoms with E-state index in [9.17, 15) is 14.7 Å². The Kier molecular flexibility index (Phi) is 7.19. The standard InChI is InChI=1S/C17H26N2O4/c1-10(2)8-14(17(22)23)19-16(21)15(20)13(18)9-12-6-4-11(3)5-7-12/h4-7,10,13-15,20H,8-9,18H2,1-3H3,(H,19,21)(H,22,23)/t13-,14+,15+/m1/s1. The first kappa shape index (κ1) is 19.1. The first-order valence-electron chi connectivity index (χ1n) is 7.73. The van der Waals surface area contributed by atoms with Crippen molar-refractivity contribution in [3.05, 3.63) is 35.4 Å². The van der Waals surface area contributed by atoms with Gasteiger partial charge in [-0.15, -0.1) is 0 Å². The van der Waals surface area contributed by atoms with Gasteiger partial charge in [-0.25, -0.2) is 4.79 Å². The van der Waals surface area contributed by atoms with Gasteiger partial charge >= 0.3 is 5.97 Å². The second-order valence-corrected chi connectivity index (χ2v) is 6.33. The highest BCUT2D eigenvalue weighted by molar-refractivity contribution is 5.86. The number of carbonyl (C=O) groups excluding carboxylic acids is 1. The summed E-state index contributed by atoms with van der Waals surface area (Å²) in [5.74, 6) is -1.77. The van der Waals surface area contributed by atoms with Crippen molar-refractivity contribution in [2.24, 2.45) is 11.7 Å². The minimum atomic E-state index is -1.45. The number of carboxylic acid groups (broad SMARTS) is 1. The van der Waals surface area contributed by atoms with Crippen LogP contribution in [0.5, 0.6) is 0 Å². The SMILES string of the molecule is Cc1ccc(C[C@@H](N)[C@H](O)C(=O)N[C@@H](CC(C)C)C(=O)O)cc1. The van der Waals surface area contributed by atoms with E-state index in [2.05, 4.69) is 5.32 Å². The van der Waals surface area contributed by atoms with E-state index in [1.165, 1.54) is 0 Å². The number of amides is 1. The zero-order valence-electron chi connectivity index (χ0n) is 13.8. The zero-order valence-corrected chi connectivity index (χ0v) is 13.8. The van der Waals surface area contributed by atoms with E-state index < -0.39 is 30.1 Å². The molecule has 1 aromatic rings.